The number of rotatable bonds is 8. The van der Waals surface area contributed by atoms with E-state index >= 15 is 0 Å². The zero-order chi connectivity index (χ0) is 51.0. The molecule has 0 atom stereocenters. The quantitative estimate of drug-likeness (QED) is 0.147. The van der Waals surface area contributed by atoms with E-state index in [4.69, 9.17) is 12.0 Å². The first-order valence-electron chi connectivity index (χ1n) is 26.5. The molecule has 0 aromatic heterocycles. The van der Waals surface area contributed by atoms with Gasteiger partial charge in [0.25, 0.3) is 0 Å². The molecule has 11 rings (SSSR count). The Bertz CT molecular complexity index is 3190. The largest absolute Gasteiger partial charge is 0.317 e. The van der Waals surface area contributed by atoms with Gasteiger partial charge in [-0.2, -0.15) is 0 Å². The summed E-state index contributed by atoms with van der Waals surface area (Å²) >= 11 is 0. The maximum absolute atomic E-state index is 5.50. The summed E-state index contributed by atoms with van der Waals surface area (Å²) in [5.74, 6) is 0. The minimum atomic E-state index is -0.556. The van der Waals surface area contributed by atoms with Crippen LogP contribution in [-0.2, 0) is 10.8 Å². The molecular formula is C71H73N. The number of benzene rings is 6. The topological polar surface area (TPSA) is 23.9 Å². The molecule has 0 fully saturated rings. The van der Waals surface area contributed by atoms with Crippen molar-refractivity contribution < 1.29 is 0 Å². The molecule has 5 aliphatic carbocycles. The fraction of sp³-hybridized carbons (Fsp3) is 0.225. The lowest BCUT2D eigenvalue weighted by molar-refractivity contribution is 0.614. The fourth-order valence-electron chi connectivity index (χ4n) is 12.3. The van der Waals surface area contributed by atoms with Crippen LogP contribution in [0, 0.1) is 12.3 Å². The SMILES string of the molecule is C=C1/C=C\CC/C(C)=C(/C=C\CC)C12c1ccccc1C1(c3ccc(-c4ccc(/C(=C/CC5=CC=CC5)c5ccccc5)cc4)cc3-c3c1ccc(C1=C(C)CC=C1)c3C)c1ccccc12.C=N.CC.CC. The van der Waals surface area contributed by atoms with E-state index in [1.165, 1.54) is 111 Å². The van der Waals surface area contributed by atoms with Crippen molar-refractivity contribution in [1.29, 1.82) is 5.41 Å². The van der Waals surface area contributed by atoms with Crippen LogP contribution in [0.2, 0.25) is 0 Å². The molecule has 0 amide bonds. The highest BCUT2D eigenvalue weighted by molar-refractivity contribution is 5.96. The fourth-order valence-corrected chi connectivity index (χ4v) is 12.3. The van der Waals surface area contributed by atoms with E-state index in [0.29, 0.717) is 0 Å². The Balaban J connectivity index is 0.00000112. The van der Waals surface area contributed by atoms with Crippen molar-refractivity contribution in [3.8, 4) is 22.3 Å². The molecule has 1 N–H and O–H groups in total. The van der Waals surface area contributed by atoms with Crippen LogP contribution in [0.5, 0.6) is 0 Å². The van der Waals surface area contributed by atoms with Crippen LogP contribution < -0.4 is 0 Å². The van der Waals surface area contributed by atoms with Gasteiger partial charge in [0, 0.05) is 0 Å². The first kappa shape index (κ1) is 51.0. The van der Waals surface area contributed by atoms with Crippen LogP contribution in [-0.4, -0.2) is 6.72 Å². The van der Waals surface area contributed by atoms with Gasteiger partial charge in [0.2, 0.25) is 0 Å². The Morgan fingerprint density at radius 3 is 1.82 bits per heavy atom. The highest BCUT2D eigenvalue weighted by Gasteiger charge is 2.57. The molecule has 0 radical (unpaired) electrons. The molecule has 0 unspecified atom stereocenters. The van der Waals surface area contributed by atoms with Crippen molar-refractivity contribution in [2.45, 2.75) is 105 Å². The molecule has 2 spiro atoms. The summed E-state index contributed by atoms with van der Waals surface area (Å²) in [6.07, 6.45) is 29.2. The molecule has 0 heterocycles. The van der Waals surface area contributed by atoms with Crippen LogP contribution in [0.15, 0.2) is 229 Å². The van der Waals surface area contributed by atoms with E-state index in [1.807, 2.05) is 27.7 Å². The van der Waals surface area contributed by atoms with Gasteiger partial charge in [0.15, 0.2) is 0 Å². The summed E-state index contributed by atoms with van der Waals surface area (Å²) in [4.78, 5) is 0. The predicted octanol–water partition coefficient (Wildman–Crippen LogP) is 19.6. The monoisotopic (exact) mass is 940 g/mol. The number of nitrogens with one attached hydrogen (secondary N) is 1. The minimum Gasteiger partial charge on any atom is -0.317 e. The molecule has 1 heteroatoms. The number of fused-ring (bicyclic) bond motifs is 11. The van der Waals surface area contributed by atoms with E-state index in [1.54, 1.807) is 0 Å². The van der Waals surface area contributed by atoms with Gasteiger partial charge in [-0.05, 0) is 172 Å². The summed E-state index contributed by atoms with van der Waals surface area (Å²) in [5.41, 5.74) is 26.7. The second-order valence-corrected chi connectivity index (χ2v) is 19.0. The van der Waals surface area contributed by atoms with E-state index in [-0.39, 0.29) is 0 Å². The second kappa shape index (κ2) is 22.4. The summed E-state index contributed by atoms with van der Waals surface area (Å²) in [6, 6.07) is 51.3. The third-order valence-electron chi connectivity index (χ3n) is 15.4. The summed E-state index contributed by atoms with van der Waals surface area (Å²) < 4.78 is 0. The van der Waals surface area contributed by atoms with Crippen molar-refractivity contribution in [1.82, 2.24) is 0 Å². The van der Waals surface area contributed by atoms with Crippen LogP contribution in [0.3, 0.4) is 0 Å². The first-order chi connectivity index (χ1) is 35.4. The van der Waals surface area contributed by atoms with Gasteiger partial charge in [-0.15, -0.1) is 0 Å². The highest BCUT2D eigenvalue weighted by atomic mass is 14.6. The van der Waals surface area contributed by atoms with Crippen LogP contribution in [0.4, 0.5) is 0 Å². The van der Waals surface area contributed by atoms with Crippen molar-refractivity contribution >= 4 is 17.9 Å². The third-order valence-corrected chi connectivity index (χ3v) is 15.4. The standard InChI is InChI=1S/C66H58.2C2H6.CH3N/c1-6-7-28-57-45(3)20-11-12-22-46(4)65(57)59-29-15-17-31-61(59)66(62-32-18-16-30-60(62)65)58-41-38-52(43-56(58)64-47(5)54(40-42-63(64)66)53-27-19-21-44(53)2)49-34-36-51(37-35-49)55(50-25-9-8-10-26-50)39-33-48-23-13-14-24-48;3*1-2/h7-10,12-19,22-23,25-32,34-43H,4,6,11,20-21,24,33H2,1-3,5H3;2*1-2H3;2H,1H2/b22-12-,28-7-,55-39+,57-45-;;;. The lowest BCUT2D eigenvalue weighted by atomic mass is 9.50. The average molecular weight is 940 g/mol. The van der Waals surface area contributed by atoms with Crippen molar-refractivity contribution in [3.05, 3.63) is 284 Å². The van der Waals surface area contributed by atoms with Gasteiger partial charge in [0.05, 0.1) is 10.8 Å². The van der Waals surface area contributed by atoms with Crippen LogP contribution in [0.25, 0.3) is 33.4 Å². The third kappa shape index (κ3) is 8.47. The zero-order valence-corrected chi connectivity index (χ0v) is 44.1. The van der Waals surface area contributed by atoms with Crippen molar-refractivity contribution in [3.63, 3.8) is 0 Å². The predicted molar refractivity (Wildman–Crippen MR) is 313 cm³/mol. The van der Waals surface area contributed by atoms with E-state index < -0.39 is 10.8 Å². The minimum absolute atomic E-state index is 0.552. The molecule has 0 saturated carbocycles. The molecule has 0 bridgehead atoms. The number of hydrogen-bond acceptors (Lipinski definition) is 1. The van der Waals surface area contributed by atoms with E-state index in [2.05, 4.69) is 229 Å². The number of allylic oxidation sites excluding steroid dienone is 16. The maximum Gasteiger partial charge on any atom is 0.0720 e. The van der Waals surface area contributed by atoms with Gasteiger partial charge in [-0.25, -0.2) is 0 Å². The van der Waals surface area contributed by atoms with E-state index in [9.17, 15) is 0 Å². The summed E-state index contributed by atoms with van der Waals surface area (Å²) in [6.45, 7) is 24.8. The molecular weight excluding hydrogens is 867 g/mol. The molecule has 1 nitrogen and oxygen atoms in total. The Hall–Kier alpha value is -7.35. The summed E-state index contributed by atoms with van der Waals surface area (Å²) in [7, 11) is 0. The Kier molecular flexibility index (Phi) is 15.9. The number of hydrogen-bond donors (Lipinski definition) is 1. The van der Waals surface area contributed by atoms with Crippen molar-refractivity contribution in [2.75, 3.05) is 0 Å². The lowest BCUT2D eigenvalue weighted by Gasteiger charge is -2.51. The molecule has 362 valence electrons. The molecule has 0 aliphatic heterocycles. The molecule has 72 heavy (non-hydrogen) atoms. The maximum atomic E-state index is 5.50. The Labute approximate surface area is 432 Å². The van der Waals surface area contributed by atoms with Gasteiger partial charge in [0.1, 0.15) is 0 Å². The molecule has 6 aromatic carbocycles. The van der Waals surface area contributed by atoms with Gasteiger partial charge in [-0.3, -0.25) is 0 Å². The molecule has 0 saturated heterocycles. The average Bonchev–Trinajstić information content (AvgIpc) is 4.19. The lowest BCUT2D eigenvalue weighted by Crippen LogP contribution is -2.45. The van der Waals surface area contributed by atoms with Gasteiger partial charge < -0.3 is 5.41 Å². The van der Waals surface area contributed by atoms with E-state index in [0.717, 1.165) is 44.1 Å². The van der Waals surface area contributed by atoms with Crippen LogP contribution >= 0.6 is 0 Å². The molecule has 6 aromatic rings. The van der Waals surface area contributed by atoms with Crippen LogP contribution in [0.1, 0.15) is 143 Å². The Morgan fingerprint density at radius 2 is 1.21 bits per heavy atom. The smallest absolute Gasteiger partial charge is 0.0720 e. The molecule has 5 aliphatic rings. The zero-order valence-electron chi connectivity index (χ0n) is 44.1. The summed E-state index contributed by atoms with van der Waals surface area (Å²) in [5, 5.41) is 5.50. The van der Waals surface area contributed by atoms with Gasteiger partial charge in [-0.1, -0.05) is 246 Å². The van der Waals surface area contributed by atoms with Crippen molar-refractivity contribution in [2.24, 2.45) is 0 Å². The highest BCUT2D eigenvalue weighted by Crippen LogP contribution is 2.66. The normalized spacial score (nSPS) is 20.5. The Morgan fingerprint density at radius 1 is 0.597 bits per heavy atom. The second-order valence-electron chi connectivity index (χ2n) is 19.0. The van der Waals surface area contributed by atoms with Gasteiger partial charge >= 0.3 is 0 Å². The first-order valence-corrected chi connectivity index (χ1v) is 26.5.